The fraction of sp³-hybridized carbons (Fsp3) is 0.385. The molecule has 1 aromatic carbocycles. The molecule has 20 heavy (non-hydrogen) atoms. The number of hydrogen-bond donors (Lipinski definition) is 2. The van der Waals surface area contributed by atoms with E-state index in [1.54, 1.807) is 0 Å². The molecule has 0 unspecified atom stereocenters. The van der Waals surface area contributed by atoms with Crippen LogP contribution in [0.3, 0.4) is 0 Å². The van der Waals surface area contributed by atoms with Crippen molar-refractivity contribution in [1.82, 2.24) is 20.1 Å². The number of amides is 1. The predicted octanol–water partition coefficient (Wildman–Crippen LogP) is 1.19. The van der Waals surface area contributed by atoms with Crippen molar-refractivity contribution in [2.75, 3.05) is 18.4 Å². The van der Waals surface area contributed by atoms with Gasteiger partial charge in [0.25, 0.3) is 0 Å². The van der Waals surface area contributed by atoms with Crippen molar-refractivity contribution in [2.24, 2.45) is 0 Å². The smallest absolute Gasteiger partial charge is 0.236 e. The van der Waals surface area contributed by atoms with Crippen LogP contribution in [-0.4, -0.2) is 33.8 Å². The molecular weight excluding hydrogens is 274 g/mol. The summed E-state index contributed by atoms with van der Waals surface area (Å²) in [5, 5.41) is 13.9. The number of benzene rings is 1. The SMILES string of the molecule is O=C(Nc1nnns1)C1(c2ccccc2)CCNCC1. The minimum Gasteiger partial charge on any atom is -0.317 e. The molecule has 0 spiro atoms. The van der Waals surface area contributed by atoms with Gasteiger partial charge in [0, 0.05) is 11.5 Å². The lowest BCUT2D eigenvalue weighted by Crippen LogP contribution is -2.48. The van der Waals surface area contributed by atoms with Gasteiger partial charge in [-0.3, -0.25) is 10.1 Å². The van der Waals surface area contributed by atoms with E-state index in [-0.39, 0.29) is 5.91 Å². The first-order valence-electron chi connectivity index (χ1n) is 6.54. The molecule has 2 heterocycles. The standard InChI is InChI=1S/C13H15N5OS/c19-11(15-12-16-17-18-20-12)13(6-8-14-9-7-13)10-4-2-1-3-5-10/h1-5,14H,6-9H2,(H,15,16,18,19). The van der Waals surface area contributed by atoms with Gasteiger partial charge in [-0.25, -0.2) is 0 Å². The van der Waals surface area contributed by atoms with Gasteiger partial charge in [0.15, 0.2) is 0 Å². The van der Waals surface area contributed by atoms with Crippen LogP contribution in [0.1, 0.15) is 18.4 Å². The molecule has 3 rings (SSSR count). The second-order valence-corrected chi connectivity index (χ2v) is 5.55. The molecule has 0 radical (unpaired) electrons. The average molecular weight is 289 g/mol. The first-order valence-corrected chi connectivity index (χ1v) is 7.31. The third kappa shape index (κ3) is 2.41. The Morgan fingerprint density at radius 1 is 1.25 bits per heavy atom. The topological polar surface area (TPSA) is 79.8 Å². The highest BCUT2D eigenvalue weighted by molar-refractivity contribution is 7.09. The highest BCUT2D eigenvalue weighted by Crippen LogP contribution is 2.34. The van der Waals surface area contributed by atoms with Crippen molar-refractivity contribution in [1.29, 1.82) is 0 Å². The van der Waals surface area contributed by atoms with Gasteiger partial charge in [0.2, 0.25) is 11.0 Å². The Hall–Kier alpha value is -1.86. The summed E-state index contributed by atoms with van der Waals surface area (Å²) in [5.41, 5.74) is 0.550. The molecule has 1 saturated heterocycles. The van der Waals surface area contributed by atoms with E-state index in [0.717, 1.165) is 43.0 Å². The van der Waals surface area contributed by atoms with Gasteiger partial charge in [-0.2, -0.15) is 0 Å². The number of nitrogens with zero attached hydrogens (tertiary/aromatic N) is 3. The monoisotopic (exact) mass is 289 g/mol. The Labute approximate surface area is 120 Å². The van der Waals surface area contributed by atoms with Gasteiger partial charge in [-0.05, 0) is 36.7 Å². The summed E-state index contributed by atoms with van der Waals surface area (Å²) in [6, 6.07) is 9.94. The van der Waals surface area contributed by atoms with Gasteiger partial charge in [0.05, 0.1) is 5.41 Å². The van der Waals surface area contributed by atoms with Crippen molar-refractivity contribution in [3.63, 3.8) is 0 Å². The number of aromatic nitrogens is 3. The van der Waals surface area contributed by atoms with E-state index in [0.29, 0.717) is 5.13 Å². The molecule has 6 nitrogen and oxygen atoms in total. The highest BCUT2D eigenvalue weighted by Gasteiger charge is 2.41. The van der Waals surface area contributed by atoms with Crippen LogP contribution < -0.4 is 10.6 Å². The molecule has 104 valence electrons. The Bertz CT molecular complexity index is 566. The fourth-order valence-electron chi connectivity index (χ4n) is 2.66. The van der Waals surface area contributed by atoms with Crippen molar-refractivity contribution >= 4 is 22.6 Å². The van der Waals surface area contributed by atoms with Crippen molar-refractivity contribution in [3.05, 3.63) is 35.9 Å². The zero-order valence-corrected chi connectivity index (χ0v) is 11.7. The zero-order chi connectivity index (χ0) is 13.8. The van der Waals surface area contributed by atoms with Gasteiger partial charge in [-0.1, -0.05) is 39.9 Å². The molecule has 7 heteroatoms. The third-order valence-corrected chi connectivity index (χ3v) is 4.25. The van der Waals surface area contributed by atoms with Crippen molar-refractivity contribution in [2.45, 2.75) is 18.3 Å². The Morgan fingerprint density at radius 3 is 2.65 bits per heavy atom. The minimum absolute atomic E-state index is 0.0243. The summed E-state index contributed by atoms with van der Waals surface area (Å²) in [7, 11) is 0. The summed E-state index contributed by atoms with van der Waals surface area (Å²) in [5.74, 6) is -0.0243. The van der Waals surface area contributed by atoms with Gasteiger partial charge in [-0.15, -0.1) is 0 Å². The first-order chi connectivity index (χ1) is 9.81. The lowest BCUT2D eigenvalue weighted by Gasteiger charge is -2.36. The number of nitrogens with one attached hydrogen (secondary N) is 2. The van der Waals surface area contributed by atoms with E-state index in [1.807, 2.05) is 30.3 Å². The van der Waals surface area contributed by atoms with Crippen molar-refractivity contribution in [3.8, 4) is 0 Å². The molecule has 0 aliphatic carbocycles. The van der Waals surface area contributed by atoms with E-state index in [2.05, 4.69) is 25.4 Å². The molecule has 1 aliphatic heterocycles. The lowest BCUT2D eigenvalue weighted by atomic mass is 9.72. The average Bonchev–Trinajstić information content (AvgIpc) is 3.02. The van der Waals surface area contributed by atoms with Crippen molar-refractivity contribution < 1.29 is 4.79 Å². The molecule has 1 fully saturated rings. The molecule has 1 amide bonds. The lowest BCUT2D eigenvalue weighted by molar-refractivity contribution is -0.122. The normalized spacial score (nSPS) is 17.6. The maximum Gasteiger partial charge on any atom is 0.236 e. The van der Waals surface area contributed by atoms with E-state index >= 15 is 0 Å². The highest BCUT2D eigenvalue weighted by atomic mass is 32.1. The first kappa shape index (κ1) is 13.1. The van der Waals surface area contributed by atoms with E-state index in [4.69, 9.17) is 0 Å². The second-order valence-electron chi connectivity index (χ2n) is 4.82. The fourth-order valence-corrected chi connectivity index (χ4v) is 3.02. The summed E-state index contributed by atoms with van der Waals surface area (Å²) in [6.45, 7) is 1.66. The molecule has 2 N–H and O–H groups in total. The van der Waals surface area contributed by atoms with E-state index in [1.165, 1.54) is 0 Å². The molecule has 0 atom stereocenters. The van der Waals surface area contributed by atoms with Gasteiger partial charge in [0.1, 0.15) is 0 Å². The van der Waals surface area contributed by atoms with Crippen LogP contribution in [0, 0.1) is 0 Å². The molecule has 0 bridgehead atoms. The predicted molar refractivity (Wildman–Crippen MR) is 76.6 cm³/mol. The molecular formula is C13H15N5OS. The summed E-state index contributed by atoms with van der Waals surface area (Å²) in [6.07, 6.45) is 1.55. The maximum atomic E-state index is 12.8. The number of piperidine rings is 1. The van der Waals surface area contributed by atoms with E-state index < -0.39 is 5.41 Å². The van der Waals surface area contributed by atoms with E-state index in [9.17, 15) is 4.79 Å². The van der Waals surface area contributed by atoms with Crippen LogP contribution in [0.25, 0.3) is 0 Å². The quantitative estimate of drug-likeness (QED) is 0.887. The second kappa shape index (κ2) is 5.64. The summed E-state index contributed by atoms with van der Waals surface area (Å²) in [4.78, 5) is 12.8. The summed E-state index contributed by atoms with van der Waals surface area (Å²) >= 11 is 1.09. The number of hydrogen-bond acceptors (Lipinski definition) is 6. The van der Waals surface area contributed by atoms with Crippen LogP contribution in [0.15, 0.2) is 30.3 Å². The number of anilines is 1. The minimum atomic E-state index is -0.502. The Balaban J connectivity index is 1.91. The number of rotatable bonds is 3. The van der Waals surface area contributed by atoms with Crippen LogP contribution in [0.4, 0.5) is 5.13 Å². The van der Waals surface area contributed by atoms with Crippen LogP contribution in [-0.2, 0) is 10.2 Å². The zero-order valence-electron chi connectivity index (χ0n) is 10.9. The van der Waals surface area contributed by atoms with Gasteiger partial charge >= 0.3 is 0 Å². The Morgan fingerprint density at radius 2 is 2.00 bits per heavy atom. The number of carbonyl (C=O) groups excluding carboxylic acids is 1. The molecule has 0 saturated carbocycles. The Kier molecular flexibility index (Phi) is 3.70. The van der Waals surface area contributed by atoms with Crippen LogP contribution >= 0.6 is 11.5 Å². The summed E-state index contributed by atoms with van der Waals surface area (Å²) < 4.78 is 3.67. The van der Waals surface area contributed by atoms with Crippen LogP contribution in [0.2, 0.25) is 0 Å². The third-order valence-electron chi connectivity index (χ3n) is 3.74. The molecule has 1 aromatic heterocycles. The van der Waals surface area contributed by atoms with Crippen LogP contribution in [0.5, 0.6) is 0 Å². The molecule has 1 aliphatic rings. The van der Waals surface area contributed by atoms with Gasteiger partial charge < -0.3 is 5.32 Å². The number of carbonyl (C=O) groups is 1. The molecule has 2 aromatic rings. The largest absolute Gasteiger partial charge is 0.317 e. The maximum absolute atomic E-state index is 12.8.